The summed E-state index contributed by atoms with van der Waals surface area (Å²) >= 11 is 0. The third-order valence-electron chi connectivity index (χ3n) is 4.38. The first-order chi connectivity index (χ1) is 10.6. The summed E-state index contributed by atoms with van der Waals surface area (Å²) in [6.45, 7) is 4.00. The molecule has 22 heavy (non-hydrogen) atoms. The Bertz CT molecular complexity index is 522. The normalized spacial score (nSPS) is 16.3. The van der Waals surface area contributed by atoms with Gasteiger partial charge in [0.1, 0.15) is 0 Å². The van der Waals surface area contributed by atoms with Gasteiger partial charge in [0.25, 0.3) is 5.91 Å². The Balaban J connectivity index is 2.01. The number of carbonyl (C=O) groups excluding carboxylic acids is 2. The van der Waals surface area contributed by atoms with E-state index in [9.17, 15) is 9.59 Å². The molecule has 0 heterocycles. The number of nitrogens with one attached hydrogen (secondary N) is 2. The lowest BCUT2D eigenvalue weighted by Gasteiger charge is -2.15. The molecule has 0 aromatic heterocycles. The molecule has 1 aromatic rings. The van der Waals surface area contributed by atoms with E-state index in [2.05, 4.69) is 10.6 Å². The molecule has 1 aliphatic rings. The van der Waals surface area contributed by atoms with Crippen molar-refractivity contribution in [2.45, 2.75) is 58.4 Å². The molecule has 0 aliphatic heterocycles. The Labute approximate surface area is 132 Å². The zero-order valence-electron chi connectivity index (χ0n) is 13.5. The number of hydrogen-bond donors (Lipinski definition) is 2. The van der Waals surface area contributed by atoms with Gasteiger partial charge in [-0.3, -0.25) is 9.59 Å². The molecule has 1 fully saturated rings. The van der Waals surface area contributed by atoms with Crippen molar-refractivity contribution in [1.29, 1.82) is 0 Å². The van der Waals surface area contributed by atoms with Crippen LogP contribution in [-0.4, -0.2) is 17.9 Å². The predicted molar refractivity (Wildman–Crippen MR) is 88.9 cm³/mol. The van der Waals surface area contributed by atoms with Gasteiger partial charge in [-0.15, -0.1) is 0 Å². The van der Waals surface area contributed by atoms with Crippen LogP contribution in [0.4, 0.5) is 5.69 Å². The number of anilines is 1. The fourth-order valence-corrected chi connectivity index (χ4v) is 2.87. The van der Waals surface area contributed by atoms with E-state index in [1.54, 1.807) is 12.1 Å². The molecular formula is C18H26N2O2. The summed E-state index contributed by atoms with van der Waals surface area (Å²) in [6.07, 6.45) is 6.17. The second-order valence-electron chi connectivity index (χ2n) is 6.23. The number of benzene rings is 1. The van der Waals surface area contributed by atoms with Gasteiger partial charge >= 0.3 is 0 Å². The highest BCUT2D eigenvalue weighted by Crippen LogP contribution is 2.28. The Hall–Kier alpha value is -1.84. The second kappa shape index (κ2) is 7.97. The Morgan fingerprint density at radius 1 is 1.23 bits per heavy atom. The van der Waals surface area contributed by atoms with Crippen LogP contribution >= 0.6 is 0 Å². The van der Waals surface area contributed by atoms with Gasteiger partial charge in [0.05, 0.1) is 11.3 Å². The van der Waals surface area contributed by atoms with Gasteiger partial charge < -0.3 is 10.6 Å². The summed E-state index contributed by atoms with van der Waals surface area (Å²) in [5.74, 6) is 0.378. The van der Waals surface area contributed by atoms with E-state index in [1.165, 1.54) is 12.8 Å². The molecule has 1 saturated carbocycles. The van der Waals surface area contributed by atoms with Crippen LogP contribution in [-0.2, 0) is 4.79 Å². The number of hydrogen-bond acceptors (Lipinski definition) is 2. The standard InChI is InChI=1S/C18H26N2O2/c1-3-13(2)19-18(22)15-10-6-7-11-16(15)20-17(21)12-14-8-4-5-9-14/h6-7,10-11,13-14H,3-5,8-9,12H2,1-2H3,(H,19,22)(H,20,21). The highest BCUT2D eigenvalue weighted by molar-refractivity contribution is 6.03. The summed E-state index contributed by atoms with van der Waals surface area (Å²) in [6, 6.07) is 7.32. The average molecular weight is 302 g/mol. The lowest BCUT2D eigenvalue weighted by Crippen LogP contribution is -2.32. The van der Waals surface area contributed by atoms with Gasteiger partial charge in [0.15, 0.2) is 0 Å². The minimum atomic E-state index is -0.133. The summed E-state index contributed by atoms with van der Waals surface area (Å²) in [5, 5.41) is 5.85. The topological polar surface area (TPSA) is 58.2 Å². The SMILES string of the molecule is CCC(C)NC(=O)c1ccccc1NC(=O)CC1CCCC1. The zero-order valence-corrected chi connectivity index (χ0v) is 13.5. The Morgan fingerprint density at radius 2 is 1.91 bits per heavy atom. The largest absolute Gasteiger partial charge is 0.350 e. The highest BCUT2D eigenvalue weighted by atomic mass is 16.2. The lowest BCUT2D eigenvalue weighted by atomic mass is 10.0. The first-order valence-electron chi connectivity index (χ1n) is 8.30. The van der Waals surface area contributed by atoms with Gasteiger partial charge in [0, 0.05) is 12.5 Å². The molecule has 2 rings (SSSR count). The Morgan fingerprint density at radius 3 is 2.59 bits per heavy atom. The number of amides is 2. The quantitative estimate of drug-likeness (QED) is 0.841. The van der Waals surface area contributed by atoms with Crippen LogP contribution in [0.5, 0.6) is 0 Å². The van der Waals surface area contributed by atoms with E-state index < -0.39 is 0 Å². The van der Waals surface area contributed by atoms with Crippen LogP contribution < -0.4 is 10.6 Å². The van der Waals surface area contributed by atoms with E-state index in [-0.39, 0.29) is 17.9 Å². The van der Waals surface area contributed by atoms with Crippen LogP contribution in [0.15, 0.2) is 24.3 Å². The van der Waals surface area contributed by atoms with Crippen LogP contribution in [0.2, 0.25) is 0 Å². The van der Waals surface area contributed by atoms with Crippen molar-refractivity contribution in [3.05, 3.63) is 29.8 Å². The zero-order chi connectivity index (χ0) is 15.9. The molecule has 1 aromatic carbocycles. The van der Waals surface area contributed by atoms with E-state index in [0.717, 1.165) is 19.3 Å². The van der Waals surface area contributed by atoms with Gasteiger partial charge in [-0.25, -0.2) is 0 Å². The maximum Gasteiger partial charge on any atom is 0.253 e. The molecule has 0 radical (unpaired) electrons. The predicted octanol–water partition coefficient (Wildman–Crippen LogP) is 3.73. The highest BCUT2D eigenvalue weighted by Gasteiger charge is 2.20. The molecule has 2 N–H and O–H groups in total. The molecular weight excluding hydrogens is 276 g/mol. The first-order valence-corrected chi connectivity index (χ1v) is 8.30. The minimum Gasteiger partial charge on any atom is -0.350 e. The average Bonchev–Trinajstić information content (AvgIpc) is 3.00. The lowest BCUT2D eigenvalue weighted by molar-refractivity contribution is -0.117. The number of para-hydroxylation sites is 1. The maximum atomic E-state index is 12.3. The second-order valence-corrected chi connectivity index (χ2v) is 6.23. The van der Waals surface area contributed by atoms with Crippen molar-refractivity contribution < 1.29 is 9.59 Å². The third kappa shape index (κ3) is 4.58. The molecule has 4 nitrogen and oxygen atoms in total. The molecule has 1 aliphatic carbocycles. The fourth-order valence-electron chi connectivity index (χ4n) is 2.87. The monoisotopic (exact) mass is 302 g/mol. The number of carbonyl (C=O) groups is 2. The molecule has 1 atom stereocenters. The van der Waals surface area contributed by atoms with Crippen LogP contribution in [0.1, 0.15) is 62.7 Å². The summed E-state index contributed by atoms with van der Waals surface area (Å²) in [5.41, 5.74) is 1.13. The molecule has 1 unspecified atom stereocenters. The van der Waals surface area contributed by atoms with E-state index >= 15 is 0 Å². The van der Waals surface area contributed by atoms with Crippen molar-refractivity contribution in [3.8, 4) is 0 Å². The van der Waals surface area contributed by atoms with Crippen LogP contribution in [0.25, 0.3) is 0 Å². The molecule has 0 spiro atoms. The van der Waals surface area contributed by atoms with Gasteiger partial charge in [-0.2, -0.15) is 0 Å². The molecule has 4 heteroatoms. The smallest absolute Gasteiger partial charge is 0.253 e. The van der Waals surface area contributed by atoms with Crippen molar-refractivity contribution in [2.75, 3.05) is 5.32 Å². The summed E-state index contributed by atoms with van der Waals surface area (Å²) in [4.78, 5) is 24.5. The fraction of sp³-hybridized carbons (Fsp3) is 0.556. The molecule has 120 valence electrons. The van der Waals surface area contributed by atoms with Crippen molar-refractivity contribution in [2.24, 2.45) is 5.92 Å². The summed E-state index contributed by atoms with van der Waals surface area (Å²) < 4.78 is 0. The molecule has 0 bridgehead atoms. The molecule has 2 amide bonds. The van der Waals surface area contributed by atoms with Crippen molar-refractivity contribution >= 4 is 17.5 Å². The minimum absolute atomic E-state index is 0.00990. The van der Waals surface area contributed by atoms with E-state index in [4.69, 9.17) is 0 Å². The van der Waals surface area contributed by atoms with E-state index in [0.29, 0.717) is 23.6 Å². The molecule has 0 saturated heterocycles. The summed E-state index contributed by atoms with van der Waals surface area (Å²) in [7, 11) is 0. The number of rotatable bonds is 6. The van der Waals surface area contributed by atoms with Crippen molar-refractivity contribution in [1.82, 2.24) is 5.32 Å². The van der Waals surface area contributed by atoms with E-state index in [1.807, 2.05) is 26.0 Å². The first kappa shape index (κ1) is 16.5. The van der Waals surface area contributed by atoms with Gasteiger partial charge in [0.2, 0.25) is 5.91 Å². The maximum absolute atomic E-state index is 12.3. The van der Waals surface area contributed by atoms with Crippen LogP contribution in [0.3, 0.4) is 0 Å². The van der Waals surface area contributed by atoms with Gasteiger partial charge in [-0.1, -0.05) is 31.9 Å². The van der Waals surface area contributed by atoms with Gasteiger partial charge in [-0.05, 0) is 44.2 Å². The Kier molecular flexibility index (Phi) is 5.99. The third-order valence-corrected chi connectivity index (χ3v) is 4.38. The van der Waals surface area contributed by atoms with Crippen molar-refractivity contribution in [3.63, 3.8) is 0 Å². The van der Waals surface area contributed by atoms with Crippen LogP contribution in [0, 0.1) is 5.92 Å².